The van der Waals surface area contributed by atoms with Crippen molar-refractivity contribution >= 4 is 29.1 Å². The van der Waals surface area contributed by atoms with Crippen molar-refractivity contribution < 1.29 is 19.1 Å². The lowest BCUT2D eigenvalue weighted by molar-refractivity contribution is -0.143. The van der Waals surface area contributed by atoms with Gasteiger partial charge in [0.05, 0.1) is 24.9 Å². The summed E-state index contributed by atoms with van der Waals surface area (Å²) in [4.78, 5) is 26.5. The summed E-state index contributed by atoms with van der Waals surface area (Å²) in [7, 11) is 2.92. The first kappa shape index (κ1) is 18.1. The molecule has 136 valence electrons. The van der Waals surface area contributed by atoms with E-state index in [-0.39, 0.29) is 0 Å². The SMILES string of the molecule is COc1cc(NC(=O)C(=O)N2CCc3ccccc3C2)c(OC)cc1Cl. The van der Waals surface area contributed by atoms with Gasteiger partial charge in [-0.1, -0.05) is 35.9 Å². The molecule has 3 rings (SSSR count). The van der Waals surface area contributed by atoms with Crippen LogP contribution in [0.4, 0.5) is 5.69 Å². The van der Waals surface area contributed by atoms with Crippen molar-refractivity contribution in [2.75, 3.05) is 26.1 Å². The lowest BCUT2D eigenvalue weighted by Gasteiger charge is -2.28. The molecule has 0 aliphatic carbocycles. The normalized spacial score (nSPS) is 13.0. The number of nitrogens with zero attached hydrogens (tertiary/aromatic N) is 1. The Hall–Kier alpha value is -2.73. The summed E-state index contributed by atoms with van der Waals surface area (Å²) in [5.41, 5.74) is 2.59. The fourth-order valence-electron chi connectivity index (χ4n) is 2.95. The fourth-order valence-corrected chi connectivity index (χ4v) is 3.18. The standard InChI is InChI=1S/C19H19ClN2O4/c1-25-16-10-15(17(26-2)9-14(16)20)21-18(23)19(24)22-8-7-12-5-3-4-6-13(12)11-22/h3-6,9-10H,7-8,11H2,1-2H3,(H,21,23). The number of methoxy groups -OCH3 is 2. The molecule has 0 unspecified atom stereocenters. The van der Waals surface area contributed by atoms with Crippen LogP contribution in [0.5, 0.6) is 11.5 Å². The van der Waals surface area contributed by atoms with Gasteiger partial charge in [-0.15, -0.1) is 0 Å². The summed E-state index contributed by atoms with van der Waals surface area (Å²) in [5, 5.41) is 2.94. The van der Waals surface area contributed by atoms with Gasteiger partial charge in [-0.25, -0.2) is 0 Å². The summed E-state index contributed by atoms with van der Waals surface area (Å²) in [6, 6.07) is 11.0. The molecule has 1 N–H and O–H groups in total. The first-order chi connectivity index (χ1) is 12.5. The number of carbonyl (C=O) groups excluding carboxylic acids is 2. The van der Waals surface area contributed by atoms with Crippen LogP contribution in [-0.4, -0.2) is 37.5 Å². The van der Waals surface area contributed by atoms with Gasteiger partial charge in [-0.3, -0.25) is 9.59 Å². The zero-order valence-corrected chi connectivity index (χ0v) is 15.3. The Bertz CT molecular complexity index is 853. The zero-order valence-electron chi connectivity index (χ0n) is 14.5. The highest BCUT2D eigenvalue weighted by atomic mass is 35.5. The molecule has 6 nitrogen and oxygen atoms in total. The fraction of sp³-hybridized carbons (Fsp3) is 0.263. The van der Waals surface area contributed by atoms with Crippen molar-refractivity contribution in [3.63, 3.8) is 0 Å². The highest BCUT2D eigenvalue weighted by Crippen LogP contribution is 2.35. The molecule has 2 amide bonds. The van der Waals surface area contributed by atoms with Gasteiger partial charge in [0, 0.05) is 25.2 Å². The third kappa shape index (κ3) is 3.60. The van der Waals surface area contributed by atoms with E-state index in [0.29, 0.717) is 35.3 Å². The molecule has 0 radical (unpaired) electrons. The minimum absolute atomic E-state index is 0.324. The largest absolute Gasteiger partial charge is 0.495 e. The molecule has 1 aliphatic rings. The second-order valence-corrected chi connectivity index (χ2v) is 6.29. The highest BCUT2D eigenvalue weighted by molar-refractivity contribution is 6.40. The number of anilines is 1. The first-order valence-corrected chi connectivity index (χ1v) is 8.50. The molecule has 7 heteroatoms. The number of rotatable bonds is 3. The predicted molar refractivity (Wildman–Crippen MR) is 98.7 cm³/mol. The average molecular weight is 375 g/mol. The molecule has 0 saturated carbocycles. The van der Waals surface area contributed by atoms with Crippen molar-refractivity contribution in [3.8, 4) is 11.5 Å². The molecule has 0 fully saturated rings. The van der Waals surface area contributed by atoms with Crippen molar-refractivity contribution in [1.29, 1.82) is 0 Å². The first-order valence-electron chi connectivity index (χ1n) is 8.12. The maximum absolute atomic E-state index is 12.5. The van der Waals surface area contributed by atoms with Crippen LogP contribution in [-0.2, 0) is 22.6 Å². The molecule has 0 atom stereocenters. The van der Waals surface area contributed by atoms with Crippen LogP contribution < -0.4 is 14.8 Å². The quantitative estimate of drug-likeness (QED) is 0.839. The van der Waals surface area contributed by atoms with Crippen LogP contribution in [0.15, 0.2) is 36.4 Å². The molecule has 2 aromatic rings. The summed E-state index contributed by atoms with van der Waals surface area (Å²) in [6.45, 7) is 0.924. The van der Waals surface area contributed by atoms with Gasteiger partial charge < -0.3 is 19.7 Å². The Labute approximate surface area is 156 Å². The monoisotopic (exact) mass is 374 g/mol. The van der Waals surface area contributed by atoms with Gasteiger partial charge >= 0.3 is 11.8 Å². The Balaban J connectivity index is 1.75. The van der Waals surface area contributed by atoms with Crippen LogP contribution in [0.1, 0.15) is 11.1 Å². The molecular formula is C19H19ClN2O4. The lowest BCUT2D eigenvalue weighted by atomic mass is 10.00. The minimum Gasteiger partial charge on any atom is -0.495 e. The van der Waals surface area contributed by atoms with Crippen LogP contribution in [0.3, 0.4) is 0 Å². The molecule has 0 bridgehead atoms. The molecule has 1 aliphatic heterocycles. The maximum Gasteiger partial charge on any atom is 0.314 e. The van der Waals surface area contributed by atoms with E-state index in [1.807, 2.05) is 24.3 Å². The number of hydrogen-bond acceptors (Lipinski definition) is 4. The van der Waals surface area contributed by atoms with Crippen molar-refractivity contribution in [2.45, 2.75) is 13.0 Å². The number of amides is 2. The second-order valence-electron chi connectivity index (χ2n) is 5.89. The van der Waals surface area contributed by atoms with Gasteiger partial charge in [0.15, 0.2) is 0 Å². The van der Waals surface area contributed by atoms with E-state index in [1.165, 1.54) is 36.8 Å². The number of carbonyl (C=O) groups is 2. The second kappa shape index (κ2) is 7.66. The van der Waals surface area contributed by atoms with Gasteiger partial charge in [0.25, 0.3) is 0 Å². The summed E-state index contributed by atoms with van der Waals surface area (Å²) in [5.74, 6) is -0.592. The molecule has 0 saturated heterocycles. The number of hydrogen-bond donors (Lipinski definition) is 1. The third-order valence-electron chi connectivity index (χ3n) is 4.33. The highest BCUT2D eigenvalue weighted by Gasteiger charge is 2.26. The van der Waals surface area contributed by atoms with E-state index < -0.39 is 11.8 Å². The summed E-state index contributed by atoms with van der Waals surface area (Å²) in [6.07, 6.45) is 0.729. The Morgan fingerprint density at radius 2 is 1.77 bits per heavy atom. The molecule has 26 heavy (non-hydrogen) atoms. The van der Waals surface area contributed by atoms with Gasteiger partial charge in [-0.2, -0.15) is 0 Å². The summed E-state index contributed by atoms with van der Waals surface area (Å²) < 4.78 is 10.4. The van der Waals surface area contributed by atoms with Crippen LogP contribution >= 0.6 is 11.6 Å². The molecule has 2 aromatic carbocycles. The number of ether oxygens (including phenoxy) is 2. The maximum atomic E-state index is 12.5. The van der Waals surface area contributed by atoms with Gasteiger partial charge in [0.1, 0.15) is 11.5 Å². The zero-order chi connectivity index (χ0) is 18.7. The van der Waals surface area contributed by atoms with Crippen molar-refractivity contribution in [3.05, 3.63) is 52.5 Å². The van der Waals surface area contributed by atoms with E-state index in [4.69, 9.17) is 21.1 Å². The molecular weight excluding hydrogens is 356 g/mol. The third-order valence-corrected chi connectivity index (χ3v) is 4.63. The van der Waals surface area contributed by atoms with E-state index in [2.05, 4.69) is 5.32 Å². The number of benzene rings is 2. The van der Waals surface area contributed by atoms with E-state index in [9.17, 15) is 9.59 Å². The summed E-state index contributed by atoms with van der Waals surface area (Å²) >= 11 is 6.06. The number of halogens is 1. The van der Waals surface area contributed by atoms with Crippen molar-refractivity contribution in [1.82, 2.24) is 4.90 Å². The predicted octanol–water partition coefficient (Wildman–Crippen LogP) is 2.88. The molecule has 0 spiro atoms. The van der Waals surface area contributed by atoms with Crippen LogP contribution in [0, 0.1) is 0 Å². The van der Waals surface area contributed by atoms with Crippen molar-refractivity contribution in [2.24, 2.45) is 0 Å². The topological polar surface area (TPSA) is 67.9 Å². The van der Waals surface area contributed by atoms with Gasteiger partial charge in [0.2, 0.25) is 0 Å². The minimum atomic E-state index is -0.730. The van der Waals surface area contributed by atoms with E-state index in [0.717, 1.165) is 12.0 Å². The van der Waals surface area contributed by atoms with Gasteiger partial charge in [-0.05, 0) is 17.5 Å². The van der Waals surface area contributed by atoms with Crippen LogP contribution in [0.2, 0.25) is 5.02 Å². The van der Waals surface area contributed by atoms with E-state index in [1.54, 1.807) is 0 Å². The Morgan fingerprint density at radius 1 is 1.08 bits per heavy atom. The van der Waals surface area contributed by atoms with Crippen LogP contribution in [0.25, 0.3) is 0 Å². The molecule has 0 aromatic heterocycles. The Morgan fingerprint density at radius 3 is 2.46 bits per heavy atom. The molecule has 1 heterocycles. The lowest BCUT2D eigenvalue weighted by Crippen LogP contribution is -2.42. The average Bonchev–Trinajstić information content (AvgIpc) is 2.67. The Kier molecular flexibility index (Phi) is 5.32. The number of nitrogens with one attached hydrogen (secondary N) is 1. The van der Waals surface area contributed by atoms with E-state index >= 15 is 0 Å². The smallest absolute Gasteiger partial charge is 0.314 e. The number of fused-ring (bicyclic) bond motifs is 1.